The molecule has 0 saturated heterocycles. The van der Waals surface area contributed by atoms with Crippen LogP contribution in [0.2, 0.25) is 0 Å². The van der Waals surface area contributed by atoms with Crippen molar-refractivity contribution in [2.45, 2.75) is 73.3 Å². The first kappa shape index (κ1) is 16.9. The standard InChI is InChI=1S/C16H32N4/c1-7-8-9-10-16(5,6)11-18-15-14(17)13(4)19-20(15)12(2)3/h12,18H,7-11,17H2,1-6H3. The number of hydrogen-bond donors (Lipinski definition) is 2. The van der Waals surface area contributed by atoms with Gasteiger partial charge in [-0.3, -0.25) is 0 Å². The van der Waals surface area contributed by atoms with Gasteiger partial charge in [-0.15, -0.1) is 0 Å². The first-order valence-corrected chi connectivity index (χ1v) is 7.87. The number of nitrogen functional groups attached to an aromatic ring is 1. The van der Waals surface area contributed by atoms with E-state index < -0.39 is 0 Å². The predicted octanol–water partition coefficient (Wildman–Crippen LogP) is 4.37. The first-order valence-electron chi connectivity index (χ1n) is 7.87. The molecule has 1 heterocycles. The summed E-state index contributed by atoms with van der Waals surface area (Å²) in [5.41, 5.74) is 8.11. The molecule has 116 valence electrons. The average Bonchev–Trinajstić information content (AvgIpc) is 2.64. The molecule has 4 nitrogen and oxygen atoms in total. The summed E-state index contributed by atoms with van der Waals surface area (Å²) in [5, 5.41) is 8.04. The lowest BCUT2D eigenvalue weighted by Gasteiger charge is -2.26. The monoisotopic (exact) mass is 280 g/mol. The van der Waals surface area contributed by atoms with Gasteiger partial charge in [-0.1, -0.05) is 40.0 Å². The Labute approximate surface area is 124 Å². The van der Waals surface area contributed by atoms with E-state index in [0.717, 1.165) is 23.7 Å². The molecular weight excluding hydrogens is 248 g/mol. The van der Waals surface area contributed by atoms with E-state index in [1.54, 1.807) is 0 Å². The summed E-state index contributed by atoms with van der Waals surface area (Å²) in [7, 11) is 0. The number of unbranched alkanes of at least 4 members (excludes halogenated alkanes) is 2. The van der Waals surface area contributed by atoms with Crippen LogP contribution < -0.4 is 11.1 Å². The van der Waals surface area contributed by atoms with Gasteiger partial charge in [-0.05, 0) is 32.6 Å². The molecule has 3 N–H and O–H groups in total. The van der Waals surface area contributed by atoms with Crippen LogP contribution in [0.4, 0.5) is 11.5 Å². The fraction of sp³-hybridized carbons (Fsp3) is 0.812. The van der Waals surface area contributed by atoms with Crippen molar-refractivity contribution in [2.75, 3.05) is 17.6 Å². The maximum Gasteiger partial charge on any atom is 0.148 e. The first-order chi connectivity index (χ1) is 9.28. The molecule has 1 aromatic heterocycles. The Morgan fingerprint density at radius 3 is 2.50 bits per heavy atom. The van der Waals surface area contributed by atoms with E-state index in [0.29, 0.717) is 6.04 Å². The molecule has 0 spiro atoms. The summed E-state index contributed by atoms with van der Waals surface area (Å²) in [5.74, 6) is 0.973. The highest BCUT2D eigenvalue weighted by Gasteiger charge is 2.20. The normalized spacial score (nSPS) is 12.2. The zero-order valence-corrected chi connectivity index (χ0v) is 14.1. The summed E-state index contributed by atoms with van der Waals surface area (Å²) in [6.45, 7) is 14.0. The van der Waals surface area contributed by atoms with Crippen LogP contribution in [0, 0.1) is 12.3 Å². The second kappa shape index (κ2) is 7.00. The van der Waals surface area contributed by atoms with E-state index >= 15 is 0 Å². The molecule has 20 heavy (non-hydrogen) atoms. The Bertz CT molecular complexity index is 418. The minimum atomic E-state index is 0.279. The van der Waals surface area contributed by atoms with Crippen LogP contribution in [0.3, 0.4) is 0 Å². The van der Waals surface area contributed by atoms with E-state index in [1.807, 2.05) is 11.6 Å². The molecule has 0 bridgehead atoms. The van der Waals surface area contributed by atoms with Gasteiger partial charge in [-0.2, -0.15) is 5.10 Å². The van der Waals surface area contributed by atoms with Crippen molar-refractivity contribution in [3.05, 3.63) is 5.69 Å². The zero-order chi connectivity index (χ0) is 15.3. The van der Waals surface area contributed by atoms with Crippen molar-refractivity contribution >= 4 is 11.5 Å². The minimum absolute atomic E-state index is 0.279. The number of rotatable bonds is 8. The number of nitrogens with zero attached hydrogens (tertiary/aromatic N) is 2. The molecule has 0 fully saturated rings. The van der Waals surface area contributed by atoms with Crippen molar-refractivity contribution in [1.82, 2.24) is 9.78 Å². The topological polar surface area (TPSA) is 55.9 Å². The van der Waals surface area contributed by atoms with Gasteiger partial charge >= 0.3 is 0 Å². The van der Waals surface area contributed by atoms with Crippen LogP contribution in [0.5, 0.6) is 0 Å². The van der Waals surface area contributed by atoms with Crippen LogP contribution in [-0.4, -0.2) is 16.3 Å². The Morgan fingerprint density at radius 2 is 1.95 bits per heavy atom. The quantitative estimate of drug-likeness (QED) is 0.695. The molecule has 1 rings (SSSR count). The predicted molar refractivity (Wildman–Crippen MR) is 88.2 cm³/mol. The molecule has 1 aromatic rings. The molecule has 0 aliphatic rings. The summed E-state index contributed by atoms with van der Waals surface area (Å²) < 4.78 is 1.99. The van der Waals surface area contributed by atoms with Gasteiger partial charge in [0.05, 0.1) is 11.4 Å². The molecule has 0 aromatic carbocycles. The maximum atomic E-state index is 6.15. The van der Waals surface area contributed by atoms with Crippen LogP contribution in [0.25, 0.3) is 0 Å². The van der Waals surface area contributed by atoms with Crippen molar-refractivity contribution in [3.8, 4) is 0 Å². The molecule has 0 unspecified atom stereocenters. The van der Waals surface area contributed by atoms with E-state index in [1.165, 1.54) is 25.7 Å². The van der Waals surface area contributed by atoms with Gasteiger partial charge in [0.2, 0.25) is 0 Å². The third-order valence-corrected chi connectivity index (χ3v) is 3.81. The molecule has 0 aliphatic carbocycles. The highest BCUT2D eigenvalue weighted by atomic mass is 15.4. The maximum absolute atomic E-state index is 6.15. The van der Waals surface area contributed by atoms with Gasteiger partial charge in [0, 0.05) is 12.6 Å². The summed E-state index contributed by atoms with van der Waals surface area (Å²) in [6.07, 6.45) is 5.12. The van der Waals surface area contributed by atoms with Crippen LogP contribution in [0.15, 0.2) is 0 Å². The number of hydrogen-bond acceptors (Lipinski definition) is 3. The van der Waals surface area contributed by atoms with Crippen LogP contribution >= 0.6 is 0 Å². The van der Waals surface area contributed by atoms with Gasteiger partial charge in [0.1, 0.15) is 5.82 Å². The summed E-state index contributed by atoms with van der Waals surface area (Å²) in [4.78, 5) is 0. The minimum Gasteiger partial charge on any atom is -0.394 e. The molecule has 0 atom stereocenters. The Hall–Kier alpha value is -1.19. The zero-order valence-electron chi connectivity index (χ0n) is 14.1. The Morgan fingerprint density at radius 1 is 1.30 bits per heavy atom. The van der Waals surface area contributed by atoms with Crippen molar-refractivity contribution < 1.29 is 0 Å². The Kier molecular flexibility index (Phi) is 5.90. The van der Waals surface area contributed by atoms with E-state index in [4.69, 9.17) is 5.73 Å². The fourth-order valence-corrected chi connectivity index (χ4v) is 2.38. The molecule has 0 saturated carbocycles. The van der Waals surface area contributed by atoms with Crippen LogP contribution in [-0.2, 0) is 0 Å². The number of nitrogens with one attached hydrogen (secondary N) is 1. The lowest BCUT2D eigenvalue weighted by atomic mass is 9.87. The van der Waals surface area contributed by atoms with Gasteiger partial charge in [0.15, 0.2) is 0 Å². The van der Waals surface area contributed by atoms with Crippen LogP contribution in [0.1, 0.15) is 72.0 Å². The smallest absolute Gasteiger partial charge is 0.148 e. The van der Waals surface area contributed by atoms with Crippen molar-refractivity contribution in [1.29, 1.82) is 0 Å². The lowest BCUT2D eigenvalue weighted by molar-refractivity contribution is 0.341. The van der Waals surface area contributed by atoms with E-state index in [2.05, 4.69) is 45.0 Å². The van der Waals surface area contributed by atoms with Crippen molar-refractivity contribution in [3.63, 3.8) is 0 Å². The SMILES string of the molecule is CCCCCC(C)(C)CNc1c(N)c(C)nn1C(C)C. The Balaban J connectivity index is 2.69. The molecule has 4 heteroatoms. The third-order valence-electron chi connectivity index (χ3n) is 3.81. The number of nitrogens with two attached hydrogens (primary N) is 1. The summed E-state index contributed by atoms with van der Waals surface area (Å²) in [6, 6.07) is 0.316. The number of anilines is 2. The van der Waals surface area contributed by atoms with Gasteiger partial charge in [-0.25, -0.2) is 4.68 Å². The number of aromatic nitrogens is 2. The third kappa shape index (κ3) is 4.43. The second-order valence-electron chi connectivity index (χ2n) is 6.86. The largest absolute Gasteiger partial charge is 0.394 e. The molecule has 0 radical (unpaired) electrons. The summed E-state index contributed by atoms with van der Waals surface area (Å²) >= 11 is 0. The number of aryl methyl sites for hydroxylation is 1. The highest BCUT2D eigenvalue weighted by Crippen LogP contribution is 2.29. The van der Waals surface area contributed by atoms with Gasteiger partial charge < -0.3 is 11.1 Å². The highest BCUT2D eigenvalue weighted by molar-refractivity contribution is 5.64. The van der Waals surface area contributed by atoms with E-state index in [9.17, 15) is 0 Å². The fourth-order valence-electron chi connectivity index (χ4n) is 2.38. The molecule has 0 amide bonds. The average molecular weight is 280 g/mol. The molecular formula is C16H32N4. The molecule has 0 aliphatic heterocycles. The van der Waals surface area contributed by atoms with Gasteiger partial charge in [0.25, 0.3) is 0 Å². The van der Waals surface area contributed by atoms with E-state index in [-0.39, 0.29) is 5.41 Å². The lowest BCUT2D eigenvalue weighted by Crippen LogP contribution is -2.25. The second-order valence-corrected chi connectivity index (χ2v) is 6.86. The van der Waals surface area contributed by atoms with Crippen molar-refractivity contribution in [2.24, 2.45) is 5.41 Å².